The Morgan fingerprint density at radius 2 is 2.11 bits per heavy atom. The number of benzene rings is 1. The highest BCUT2D eigenvalue weighted by molar-refractivity contribution is 7.16. The zero-order chi connectivity index (χ0) is 13.0. The summed E-state index contributed by atoms with van der Waals surface area (Å²) in [7, 11) is 0. The van der Waals surface area contributed by atoms with E-state index in [4.69, 9.17) is 16.9 Å². The van der Waals surface area contributed by atoms with Crippen molar-refractivity contribution in [2.24, 2.45) is 0 Å². The van der Waals surface area contributed by atoms with Gasteiger partial charge in [-0.05, 0) is 29.8 Å². The molecule has 0 saturated carbocycles. The minimum Gasteiger partial charge on any atom is -0.308 e. The van der Waals surface area contributed by atoms with Crippen LogP contribution >= 0.6 is 22.9 Å². The Hall–Kier alpha value is -1.41. The number of hydrogen-bond donors (Lipinski definition) is 1. The van der Waals surface area contributed by atoms with Crippen LogP contribution in [0.25, 0.3) is 0 Å². The Morgan fingerprint density at radius 1 is 1.28 bits per heavy atom. The molecule has 0 bridgehead atoms. The highest BCUT2D eigenvalue weighted by Gasteiger charge is 2.03. The lowest BCUT2D eigenvalue weighted by atomic mass is 10.1. The molecule has 1 aromatic heterocycles. The van der Waals surface area contributed by atoms with Gasteiger partial charge >= 0.3 is 0 Å². The second-order valence-electron chi connectivity index (χ2n) is 3.74. The SMILES string of the molecule is N#Cc1cc(CNCc2ccc(Cl)s2)ccc1F. The fraction of sp³-hybridized carbons (Fsp3) is 0.154. The van der Waals surface area contributed by atoms with E-state index in [0.717, 1.165) is 14.8 Å². The monoisotopic (exact) mass is 280 g/mol. The Balaban J connectivity index is 1.93. The topological polar surface area (TPSA) is 35.8 Å². The number of nitrogens with zero attached hydrogens (tertiary/aromatic N) is 1. The number of rotatable bonds is 4. The van der Waals surface area contributed by atoms with Gasteiger partial charge in [0, 0.05) is 18.0 Å². The van der Waals surface area contributed by atoms with Gasteiger partial charge in [0.15, 0.2) is 0 Å². The summed E-state index contributed by atoms with van der Waals surface area (Å²) in [6.07, 6.45) is 0. The molecule has 0 radical (unpaired) electrons. The summed E-state index contributed by atoms with van der Waals surface area (Å²) in [6.45, 7) is 1.29. The van der Waals surface area contributed by atoms with Crippen molar-refractivity contribution in [2.45, 2.75) is 13.1 Å². The average molecular weight is 281 g/mol. The van der Waals surface area contributed by atoms with Crippen LogP contribution in [0.5, 0.6) is 0 Å². The van der Waals surface area contributed by atoms with Crippen LogP contribution in [-0.4, -0.2) is 0 Å². The molecule has 5 heteroatoms. The molecule has 0 unspecified atom stereocenters. The molecule has 1 N–H and O–H groups in total. The maximum atomic E-state index is 13.1. The van der Waals surface area contributed by atoms with E-state index in [2.05, 4.69) is 5.32 Å². The summed E-state index contributed by atoms with van der Waals surface area (Å²) in [6, 6.07) is 10.2. The third-order valence-corrected chi connectivity index (χ3v) is 3.64. The second-order valence-corrected chi connectivity index (χ2v) is 5.54. The van der Waals surface area contributed by atoms with Crippen LogP contribution in [0.3, 0.4) is 0 Å². The molecule has 0 atom stereocenters. The third-order valence-electron chi connectivity index (χ3n) is 2.41. The van der Waals surface area contributed by atoms with E-state index < -0.39 is 5.82 Å². The first-order valence-corrected chi connectivity index (χ1v) is 6.52. The number of nitriles is 1. The van der Waals surface area contributed by atoms with E-state index in [1.165, 1.54) is 17.4 Å². The number of nitrogens with one attached hydrogen (secondary N) is 1. The minimum atomic E-state index is -0.480. The largest absolute Gasteiger partial charge is 0.308 e. The van der Waals surface area contributed by atoms with Crippen molar-refractivity contribution in [3.05, 3.63) is 56.5 Å². The van der Waals surface area contributed by atoms with Crippen LogP contribution < -0.4 is 5.32 Å². The number of hydrogen-bond acceptors (Lipinski definition) is 3. The van der Waals surface area contributed by atoms with Crippen LogP contribution in [0.15, 0.2) is 30.3 Å². The molecule has 0 aliphatic carbocycles. The summed E-state index contributed by atoms with van der Waals surface area (Å²) in [5.41, 5.74) is 0.962. The standard InChI is InChI=1S/C13H10ClFN2S/c14-13-4-2-11(18-13)8-17-7-9-1-3-12(15)10(5-9)6-16/h1-5,17H,7-8H2. The summed E-state index contributed by atoms with van der Waals surface area (Å²) in [5, 5.41) is 11.9. The van der Waals surface area contributed by atoms with Crippen molar-refractivity contribution < 1.29 is 4.39 Å². The summed E-state index contributed by atoms with van der Waals surface area (Å²) in [5.74, 6) is -0.480. The van der Waals surface area contributed by atoms with Crippen LogP contribution in [0.2, 0.25) is 4.34 Å². The highest BCUT2D eigenvalue weighted by Crippen LogP contribution is 2.21. The molecular formula is C13H10ClFN2S. The molecule has 2 rings (SSSR count). The second kappa shape index (κ2) is 5.96. The maximum absolute atomic E-state index is 13.1. The molecule has 0 aliphatic rings. The van der Waals surface area contributed by atoms with Gasteiger partial charge in [-0.3, -0.25) is 0 Å². The van der Waals surface area contributed by atoms with Gasteiger partial charge in [-0.1, -0.05) is 17.7 Å². The van der Waals surface area contributed by atoms with E-state index in [0.29, 0.717) is 13.1 Å². The lowest BCUT2D eigenvalue weighted by Gasteiger charge is -2.04. The van der Waals surface area contributed by atoms with Gasteiger partial charge in [0.1, 0.15) is 11.9 Å². The van der Waals surface area contributed by atoms with Crippen molar-refractivity contribution >= 4 is 22.9 Å². The zero-order valence-corrected chi connectivity index (χ0v) is 11.0. The minimum absolute atomic E-state index is 0.0773. The van der Waals surface area contributed by atoms with Crippen LogP contribution in [-0.2, 0) is 13.1 Å². The first-order chi connectivity index (χ1) is 8.69. The summed E-state index contributed by atoms with van der Waals surface area (Å²) < 4.78 is 13.9. The Morgan fingerprint density at radius 3 is 2.78 bits per heavy atom. The van der Waals surface area contributed by atoms with Crippen molar-refractivity contribution in [1.82, 2.24) is 5.32 Å². The zero-order valence-electron chi connectivity index (χ0n) is 9.41. The quantitative estimate of drug-likeness (QED) is 0.927. The summed E-state index contributed by atoms with van der Waals surface area (Å²) >= 11 is 7.35. The highest BCUT2D eigenvalue weighted by atomic mass is 35.5. The normalized spacial score (nSPS) is 10.3. The first kappa shape index (κ1) is 13.0. The Labute approximate surface area is 114 Å². The van der Waals surface area contributed by atoms with Gasteiger partial charge in [0.25, 0.3) is 0 Å². The Kier molecular flexibility index (Phi) is 4.32. The molecule has 1 heterocycles. The van der Waals surface area contributed by atoms with Gasteiger partial charge in [-0.15, -0.1) is 11.3 Å². The van der Waals surface area contributed by atoms with Crippen molar-refractivity contribution in [1.29, 1.82) is 5.26 Å². The average Bonchev–Trinajstić information content (AvgIpc) is 2.77. The molecule has 0 amide bonds. The fourth-order valence-corrected chi connectivity index (χ4v) is 2.60. The number of thiophene rings is 1. The summed E-state index contributed by atoms with van der Waals surface area (Å²) in [4.78, 5) is 1.14. The van der Waals surface area contributed by atoms with Gasteiger partial charge < -0.3 is 5.32 Å². The Bertz CT molecular complexity index is 589. The molecule has 0 saturated heterocycles. The first-order valence-electron chi connectivity index (χ1n) is 5.32. The van der Waals surface area contributed by atoms with Gasteiger partial charge in [-0.25, -0.2) is 4.39 Å². The van der Waals surface area contributed by atoms with Crippen LogP contribution in [0, 0.1) is 17.1 Å². The lowest BCUT2D eigenvalue weighted by Crippen LogP contribution is -2.11. The molecule has 0 spiro atoms. The maximum Gasteiger partial charge on any atom is 0.140 e. The van der Waals surface area contributed by atoms with Gasteiger partial charge in [0.2, 0.25) is 0 Å². The van der Waals surface area contributed by atoms with E-state index in [1.54, 1.807) is 12.1 Å². The predicted octanol–water partition coefficient (Wildman–Crippen LogP) is 3.70. The van der Waals surface area contributed by atoms with Crippen molar-refractivity contribution in [3.8, 4) is 6.07 Å². The van der Waals surface area contributed by atoms with Crippen LogP contribution in [0.4, 0.5) is 4.39 Å². The van der Waals surface area contributed by atoms with E-state index in [9.17, 15) is 4.39 Å². The van der Waals surface area contributed by atoms with Crippen LogP contribution in [0.1, 0.15) is 16.0 Å². The van der Waals surface area contributed by atoms with Crippen molar-refractivity contribution in [2.75, 3.05) is 0 Å². The molecular weight excluding hydrogens is 271 g/mol. The molecule has 0 aliphatic heterocycles. The molecule has 2 nitrogen and oxygen atoms in total. The number of halogens is 2. The molecule has 0 fully saturated rings. The molecule has 1 aromatic carbocycles. The molecule has 18 heavy (non-hydrogen) atoms. The predicted molar refractivity (Wildman–Crippen MR) is 71.0 cm³/mol. The van der Waals surface area contributed by atoms with E-state index in [-0.39, 0.29) is 5.56 Å². The smallest absolute Gasteiger partial charge is 0.140 e. The fourth-order valence-electron chi connectivity index (χ4n) is 1.54. The van der Waals surface area contributed by atoms with Gasteiger partial charge in [0.05, 0.1) is 9.90 Å². The van der Waals surface area contributed by atoms with E-state index >= 15 is 0 Å². The van der Waals surface area contributed by atoms with Crippen molar-refractivity contribution in [3.63, 3.8) is 0 Å². The lowest BCUT2D eigenvalue weighted by molar-refractivity contribution is 0.621. The molecule has 2 aromatic rings. The van der Waals surface area contributed by atoms with E-state index in [1.807, 2.05) is 18.2 Å². The van der Waals surface area contributed by atoms with Gasteiger partial charge in [-0.2, -0.15) is 5.26 Å². The third kappa shape index (κ3) is 3.30. The molecule has 92 valence electrons.